The maximum absolute atomic E-state index is 13.9. The second-order valence-electron chi connectivity index (χ2n) is 5.64. The summed E-state index contributed by atoms with van der Waals surface area (Å²) in [4.78, 5) is 13.9. The van der Waals surface area contributed by atoms with E-state index in [0.29, 0.717) is 6.54 Å². The molecule has 1 unspecified atom stereocenters. The molecule has 1 aromatic carbocycles. The normalized spacial score (nSPS) is 19.3. The van der Waals surface area contributed by atoms with E-state index in [1.807, 2.05) is 13.8 Å². The third-order valence-corrected chi connectivity index (χ3v) is 4.74. The standard InChI is InChI=1S/C14H19FN2O3S/c1-9(2)13-4-3-7-17(13)14(18)11-8-10(21(16,19)20)5-6-12(11)15/h5-6,8-9,13H,3-4,7H2,1-2H3,(H2,16,19,20). The van der Waals surface area contributed by atoms with Crippen LogP contribution in [0.15, 0.2) is 23.1 Å². The molecule has 5 nitrogen and oxygen atoms in total. The van der Waals surface area contributed by atoms with Crippen molar-refractivity contribution in [3.63, 3.8) is 0 Å². The fourth-order valence-corrected chi connectivity index (χ4v) is 3.28. The summed E-state index contributed by atoms with van der Waals surface area (Å²) < 4.78 is 36.6. The van der Waals surface area contributed by atoms with Crippen molar-refractivity contribution in [3.05, 3.63) is 29.6 Å². The van der Waals surface area contributed by atoms with Gasteiger partial charge in [-0.15, -0.1) is 0 Å². The Morgan fingerprint density at radius 3 is 2.67 bits per heavy atom. The number of halogens is 1. The van der Waals surface area contributed by atoms with Gasteiger partial charge in [0.25, 0.3) is 5.91 Å². The molecule has 0 spiro atoms. The van der Waals surface area contributed by atoms with E-state index in [1.54, 1.807) is 4.90 Å². The van der Waals surface area contributed by atoms with E-state index in [9.17, 15) is 17.6 Å². The summed E-state index contributed by atoms with van der Waals surface area (Å²) in [5.74, 6) is -0.947. The molecule has 1 fully saturated rings. The van der Waals surface area contributed by atoms with Crippen molar-refractivity contribution in [3.8, 4) is 0 Å². The van der Waals surface area contributed by atoms with Crippen molar-refractivity contribution < 1.29 is 17.6 Å². The molecule has 1 aromatic rings. The van der Waals surface area contributed by atoms with Gasteiger partial charge < -0.3 is 4.90 Å². The molecule has 0 radical (unpaired) electrons. The van der Waals surface area contributed by atoms with Crippen molar-refractivity contribution in [2.45, 2.75) is 37.6 Å². The van der Waals surface area contributed by atoms with Gasteiger partial charge in [-0.3, -0.25) is 4.79 Å². The largest absolute Gasteiger partial charge is 0.335 e. The summed E-state index contributed by atoms with van der Waals surface area (Å²) in [7, 11) is -3.97. The van der Waals surface area contributed by atoms with Crippen molar-refractivity contribution in [2.75, 3.05) is 6.54 Å². The summed E-state index contributed by atoms with van der Waals surface area (Å²) in [6.07, 6.45) is 1.74. The van der Waals surface area contributed by atoms with Gasteiger partial charge in [0.05, 0.1) is 10.5 Å². The van der Waals surface area contributed by atoms with Gasteiger partial charge in [-0.2, -0.15) is 0 Å². The molecule has 1 amide bonds. The zero-order valence-electron chi connectivity index (χ0n) is 12.0. The lowest BCUT2D eigenvalue weighted by atomic mass is 10.0. The number of likely N-dealkylation sites (tertiary alicyclic amines) is 1. The third-order valence-electron chi connectivity index (χ3n) is 3.83. The molecule has 2 rings (SSSR count). The average molecular weight is 314 g/mol. The number of hydrogen-bond donors (Lipinski definition) is 1. The number of amides is 1. The Labute approximate surface area is 124 Å². The Bertz CT molecular complexity index is 658. The molecule has 1 saturated heterocycles. The fraction of sp³-hybridized carbons (Fsp3) is 0.500. The lowest BCUT2D eigenvalue weighted by Gasteiger charge is -2.28. The van der Waals surface area contributed by atoms with Gasteiger partial charge in [-0.05, 0) is 37.0 Å². The summed E-state index contributed by atoms with van der Waals surface area (Å²) in [5.41, 5.74) is -0.242. The summed E-state index contributed by atoms with van der Waals surface area (Å²) in [6.45, 7) is 4.57. The SMILES string of the molecule is CC(C)C1CCCN1C(=O)c1cc(S(N)(=O)=O)ccc1F. The molecule has 2 N–H and O–H groups in total. The van der Waals surface area contributed by atoms with E-state index in [2.05, 4.69) is 0 Å². The van der Waals surface area contributed by atoms with Crippen LogP contribution >= 0.6 is 0 Å². The van der Waals surface area contributed by atoms with E-state index < -0.39 is 21.7 Å². The van der Waals surface area contributed by atoms with Crippen LogP contribution in [0.1, 0.15) is 37.0 Å². The highest BCUT2D eigenvalue weighted by molar-refractivity contribution is 7.89. The molecule has 21 heavy (non-hydrogen) atoms. The van der Waals surface area contributed by atoms with Crippen LogP contribution in [-0.4, -0.2) is 31.8 Å². The molecular weight excluding hydrogens is 295 g/mol. The van der Waals surface area contributed by atoms with Crippen LogP contribution in [0.4, 0.5) is 4.39 Å². The predicted octanol–water partition coefficient (Wildman–Crippen LogP) is 1.73. The van der Waals surface area contributed by atoms with Crippen LogP contribution in [-0.2, 0) is 10.0 Å². The molecule has 1 aliphatic heterocycles. The Kier molecular flexibility index (Phi) is 4.34. The van der Waals surface area contributed by atoms with Gasteiger partial charge in [0.1, 0.15) is 5.82 Å². The van der Waals surface area contributed by atoms with Crippen molar-refractivity contribution in [1.82, 2.24) is 4.90 Å². The molecule has 0 aromatic heterocycles. The Morgan fingerprint density at radius 2 is 2.10 bits per heavy atom. The van der Waals surface area contributed by atoms with Gasteiger partial charge >= 0.3 is 0 Å². The molecule has 1 heterocycles. The maximum Gasteiger partial charge on any atom is 0.257 e. The summed E-state index contributed by atoms with van der Waals surface area (Å²) in [5, 5.41) is 5.03. The summed E-state index contributed by atoms with van der Waals surface area (Å²) in [6, 6.07) is 3.09. The lowest BCUT2D eigenvalue weighted by Crippen LogP contribution is -2.39. The average Bonchev–Trinajstić information content (AvgIpc) is 2.86. The number of primary sulfonamides is 1. The number of nitrogens with zero attached hydrogens (tertiary/aromatic N) is 1. The molecule has 7 heteroatoms. The van der Waals surface area contributed by atoms with Gasteiger partial charge in [0.15, 0.2) is 0 Å². The number of rotatable bonds is 3. The topological polar surface area (TPSA) is 80.5 Å². The predicted molar refractivity (Wildman–Crippen MR) is 76.7 cm³/mol. The van der Waals surface area contributed by atoms with Crippen molar-refractivity contribution in [1.29, 1.82) is 0 Å². The second kappa shape index (κ2) is 5.73. The van der Waals surface area contributed by atoms with Gasteiger partial charge in [-0.25, -0.2) is 17.9 Å². The molecule has 1 atom stereocenters. The van der Waals surface area contributed by atoms with Gasteiger partial charge in [0.2, 0.25) is 10.0 Å². The quantitative estimate of drug-likeness (QED) is 0.922. The zero-order chi connectivity index (χ0) is 15.8. The minimum atomic E-state index is -3.97. The first-order valence-electron chi connectivity index (χ1n) is 6.85. The molecule has 0 bridgehead atoms. The smallest absolute Gasteiger partial charge is 0.257 e. The molecule has 116 valence electrons. The number of carbonyl (C=O) groups excluding carboxylic acids is 1. The highest BCUT2D eigenvalue weighted by Crippen LogP contribution is 2.27. The Morgan fingerprint density at radius 1 is 1.43 bits per heavy atom. The van der Waals surface area contributed by atoms with Crippen molar-refractivity contribution in [2.24, 2.45) is 11.1 Å². The van der Waals surface area contributed by atoms with E-state index in [4.69, 9.17) is 5.14 Å². The molecule has 0 saturated carbocycles. The Hall–Kier alpha value is -1.47. The second-order valence-corrected chi connectivity index (χ2v) is 7.20. The number of carbonyl (C=O) groups is 1. The van der Waals surface area contributed by atoms with Crippen LogP contribution in [0.2, 0.25) is 0 Å². The highest BCUT2D eigenvalue weighted by Gasteiger charge is 2.32. The first kappa shape index (κ1) is 15.9. The third kappa shape index (κ3) is 3.24. The van der Waals surface area contributed by atoms with Gasteiger partial charge in [-0.1, -0.05) is 13.8 Å². The first-order valence-corrected chi connectivity index (χ1v) is 8.39. The molecule has 0 aliphatic carbocycles. The van der Waals surface area contributed by atoms with Crippen LogP contribution in [0, 0.1) is 11.7 Å². The molecular formula is C14H19FN2O3S. The monoisotopic (exact) mass is 314 g/mol. The minimum absolute atomic E-state index is 0.0510. The number of benzene rings is 1. The molecule has 1 aliphatic rings. The van der Waals surface area contributed by atoms with E-state index >= 15 is 0 Å². The van der Waals surface area contributed by atoms with Crippen LogP contribution in [0.5, 0.6) is 0 Å². The van der Waals surface area contributed by atoms with Crippen LogP contribution in [0.25, 0.3) is 0 Å². The summed E-state index contributed by atoms with van der Waals surface area (Å²) >= 11 is 0. The van der Waals surface area contributed by atoms with E-state index in [0.717, 1.165) is 31.0 Å². The van der Waals surface area contributed by atoms with Gasteiger partial charge in [0, 0.05) is 12.6 Å². The Balaban J connectivity index is 2.39. The maximum atomic E-state index is 13.9. The number of sulfonamides is 1. The van der Waals surface area contributed by atoms with Crippen LogP contribution in [0.3, 0.4) is 0 Å². The zero-order valence-corrected chi connectivity index (χ0v) is 12.9. The lowest BCUT2D eigenvalue weighted by molar-refractivity contribution is 0.0696. The van der Waals surface area contributed by atoms with Crippen LogP contribution < -0.4 is 5.14 Å². The number of nitrogens with two attached hydrogens (primary N) is 1. The van der Waals surface area contributed by atoms with Crippen molar-refractivity contribution >= 4 is 15.9 Å². The van der Waals surface area contributed by atoms with E-state index in [-0.39, 0.29) is 22.4 Å². The fourth-order valence-electron chi connectivity index (χ4n) is 2.74. The highest BCUT2D eigenvalue weighted by atomic mass is 32.2. The minimum Gasteiger partial charge on any atom is -0.335 e. The first-order chi connectivity index (χ1) is 9.71. The van der Waals surface area contributed by atoms with E-state index in [1.165, 1.54) is 0 Å². The number of hydrogen-bond acceptors (Lipinski definition) is 3.